The highest BCUT2D eigenvalue weighted by Gasteiger charge is 2.27. The van der Waals surface area contributed by atoms with Crippen molar-refractivity contribution in [2.45, 2.75) is 45.2 Å². The predicted octanol–water partition coefficient (Wildman–Crippen LogP) is 2.33. The van der Waals surface area contributed by atoms with Crippen LogP contribution >= 0.6 is 0 Å². The summed E-state index contributed by atoms with van der Waals surface area (Å²) in [4.78, 5) is 9.40. The fraction of sp³-hybridized carbons (Fsp3) is 0.708. The molecule has 0 spiro atoms. The van der Waals surface area contributed by atoms with Crippen molar-refractivity contribution in [1.82, 2.24) is 20.4 Å². The Bertz CT molecular complexity index is 682. The van der Waals surface area contributed by atoms with E-state index in [1.807, 2.05) is 19.2 Å². The van der Waals surface area contributed by atoms with Crippen LogP contribution in [-0.2, 0) is 11.3 Å². The molecule has 174 valence electrons. The number of hydrogen-bond acceptors (Lipinski definition) is 5. The molecule has 1 aromatic rings. The molecule has 7 heteroatoms. The maximum atomic E-state index is 6.11. The van der Waals surface area contributed by atoms with Crippen molar-refractivity contribution in [1.29, 1.82) is 0 Å². The lowest BCUT2D eigenvalue weighted by Gasteiger charge is -2.41. The molecule has 31 heavy (non-hydrogen) atoms. The molecule has 0 amide bonds. The van der Waals surface area contributed by atoms with Crippen molar-refractivity contribution in [3.8, 4) is 5.75 Å². The molecule has 2 aliphatic heterocycles. The van der Waals surface area contributed by atoms with Gasteiger partial charge >= 0.3 is 0 Å². The summed E-state index contributed by atoms with van der Waals surface area (Å²) in [5.41, 5.74) is 1.25. The van der Waals surface area contributed by atoms with Crippen molar-refractivity contribution < 1.29 is 9.47 Å². The molecular weight excluding hydrogens is 390 g/mol. The van der Waals surface area contributed by atoms with Crippen molar-refractivity contribution in [3.05, 3.63) is 29.8 Å². The van der Waals surface area contributed by atoms with Crippen molar-refractivity contribution >= 4 is 5.96 Å². The van der Waals surface area contributed by atoms with Gasteiger partial charge in [0.15, 0.2) is 5.96 Å². The molecule has 1 aromatic carbocycles. The van der Waals surface area contributed by atoms with Crippen molar-refractivity contribution in [3.63, 3.8) is 0 Å². The molecule has 2 saturated heterocycles. The summed E-state index contributed by atoms with van der Waals surface area (Å²) < 4.78 is 11.5. The summed E-state index contributed by atoms with van der Waals surface area (Å²) in [6, 6.07) is 8.25. The topological polar surface area (TPSA) is 61.4 Å². The highest BCUT2D eigenvalue weighted by molar-refractivity contribution is 5.79. The van der Waals surface area contributed by atoms with Gasteiger partial charge in [0.2, 0.25) is 0 Å². The van der Waals surface area contributed by atoms with Crippen LogP contribution in [0.25, 0.3) is 0 Å². The number of nitrogens with zero attached hydrogens (tertiary/aromatic N) is 3. The molecule has 0 bridgehead atoms. The summed E-state index contributed by atoms with van der Waals surface area (Å²) in [5.74, 6) is 1.76. The molecule has 0 atom stereocenters. The van der Waals surface area contributed by atoms with E-state index in [-0.39, 0.29) is 5.54 Å². The Morgan fingerprint density at radius 1 is 1.06 bits per heavy atom. The molecule has 2 fully saturated rings. The first-order valence-corrected chi connectivity index (χ1v) is 11.8. The first kappa shape index (κ1) is 23.8. The molecular formula is C24H41N5O2. The Balaban J connectivity index is 1.45. The van der Waals surface area contributed by atoms with E-state index >= 15 is 0 Å². The molecule has 2 aliphatic rings. The number of ether oxygens (including phenoxy) is 2. The van der Waals surface area contributed by atoms with Crippen LogP contribution in [0.5, 0.6) is 5.75 Å². The van der Waals surface area contributed by atoms with Gasteiger partial charge in [-0.25, -0.2) is 0 Å². The molecule has 2 heterocycles. The molecule has 7 nitrogen and oxygen atoms in total. The van der Waals surface area contributed by atoms with Crippen LogP contribution in [-0.4, -0.2) is 87.4 Å². The molecule has 0 radical (unpaired) electrons. The van der Waals surface area contributed by atoms with E-state index in [9.17, 15) is 0 Å². The van der Waals surface area contributed by atoms with Crippen LogP contribution in [0, 0.1) is 0 Å². The fourth-order valence-electron chi connectivity index (χ4n) is 4.21. The first-order chi connectivity index (χ1) is 15.1. The molecule has 0 aromatic heterocycles. The minimum atomic E-state index is 0.110. The van der Waals surface area contributed by atoms with E-state index in [0.717, 1.165) is 56.7 Å². The summed E-state index contributed by atoms with van der Waals surface area (Å²) in [7, 11) is 1.83. The average molecular weight is 432 g/mol. The summed E-state index contributed by atoms with van der Waals surface area (Å²) in [6.07, 6.45) is 3.97. The van der Waals surface area contributed by atoms with Crippen LogP contribution < -0.4 is 15.4 Å². The quantitative estimate of drug-likeness (QED) is 0.462. The number of aliphatic imine (C=N–C) groups is 1. The number of nitrogens with one attached hydrogen (secondary N) is 2. The van der Waals surface area contributed by atoms with Crippen LogP contribution in [0.2, 0.25) is 0 Å². The van der Waals surface area contributed by atoms with Gasteiger partial charge in [0.25, 0.3) is 0 Å². The predicted molar refractivity (Wildman–Crippen MR) is 127 cm³/mol. The smallest absolute Gasteiger partial charge is 0.191 e. The zero-order valence-electron chi connectivity index (χ0n) is 19.7. The van der Waals surface area contributed by atoms with Gasteiger partial charge < -0.3 is 20.1 Å². The van der Waals surface area contributed by atoms with Gasteiger partial charge in [0.05, 0.1) is 13.2 Å². The number of benzene rings is 1. The van der Waals surface area contributed by atoms with E-state index in [1.165, 1.54) is 32.4 Å². The third-order valence-electron chi connectivity index (χ3n) is 6.31. The zero-order valence-corrected chi connectivity index (χ0v) is 19.7. The second kappa shape index (κ2) is 12.3. The summed E-state index contributed by atoms with van der Waals surface area (Å²) in [6.45, 7) is 13.8. The van der Waals surface area contributed by atoms with Gasteiger partial charge in [0, 0.05) is 50.9 Å². The minimum Gasteiger partial charge on any atom is -0.492 e. The SMILES string of the molecule is CN=C(NCc1ccccc1OCCN1CCOCC1)NCC(C)(C)N1CCCCC1. The maximum absolute atomic E-state index is 6.11. The molecule has 0 unspecified atom stereocenters. The molecule has 0 aliphatic carbocycles. The van der Waals surface area contributed by atoms with Gasteiger partial charge in [-0.2, -0.15) is 0 Å². The number of guanidine groups is 1. The minimum absolute atomic E-state index is 0.110. The fourth-order valence-corrected chi connectivity index (χ4v) is 4.21. The number of likely N-dealkylation sites (tertiary alicyclic amines) is 1. The molecule has 0 saturated carbocycles. The number of rotatable bonds is 9. The lowest BCUT2D eigenvalue weighted by molar-refractivity contribution is 0.0322. The van der Waals surface area contributed by atoms with Crippen LogP contribution in [0.4, 0.5) is 0 Å². The van der Waals surface area contributed by atoms with Gasteiger partial charge in [-0.1, -0.05) is 24.6 Å². The lowest BCUT2D eigenvalue weighted by atomic mass is 9.98. The number of piperidine rings is 1. The maximum Gasteiger partial charge on any atom is 0.191 e. The second-order valence-corrected chi connectivity index (χ2v) is 9.05. The lowest BCUT2D eigenvalue weighted by Crippen LogP contribution is -2.54. The molecule has 3 rings (SSSR count). The highest BCUT2D eigenvalue weighted by atomic mass is 16.5. The van der Waals surface area contributed by atoms with Crippen molar-refractivity contribution in [2.24, 2.45) is 4.99 Å². The number of para-hydroxylation sites is 1. The Morgan fingerprint density at radius 2 is 1.81 bits per heavy atom. The van der Waals surface area contributed by atoms with Gasteiger partial charge in [-0.05, 0) is 45.8 Å². The number of morpholine rings is 1. The van der Waals surface area contributed by atoms with Crippen molar-refractivity contribution in [2.75, 3.05) is 66.1 Å². The Hall–Kier alpha value is -1.83. The monoisotopic (exact) mass is 431 g/mol. The van der Waals surface area contributed by atoms with Gasteiger partial charge in [0.1, 0.15) is 12.4 Å². The zero-order chi connectivity index (χ0) is 21.9. The van der Waals surface area contributed by atoms with Gasteiger partial charge in [-0.15, -0.1) is 0 Å². The Morgan fingerprint density at radius 3 is 2.55 bits per heavy atom. The number of hydrogen-bond donors (Lipinski definition) is 2. The average Bonchev–Trinajstić information content (AvgIpc) is 2.81. The van der Waals surface area contributed by atoms with Gasteiger partial charge in [-0.3, -0.25) is 14.8 Å². The third-order valence-corrected chi connectivity index (χ3v) is 6.31. The third kappa shape index (κ3) is 7.66. The summed E-state index contributed by atoms with van der Waals surface area (Å²) >= 11 is 0. The molecule has 2 N–H and O–H groups in total. The van der Waals surface area contributed by atoms with E-state index in [0.29, 0.717) is 13.2 Å². The second-order valence-electron chi connectivity index (χ2n) is 9.05. The van der Waals surface area contributed by atoms with E-state index in [2.05, 4.69) is 51.4 Å². The largest absolute Gasteiger partial charge is 0.492 e. The Labute approximate surface area is 188 Å². The van der Waals surface area contributed by atoms with E-state index < -0.39 is 0 Å². The van der Waals surface area contributed by atoms with Crippen LogP contribution in [0.3, 0.4) is 0 Å². The highest BCUT2D eigenvalue weighted by Crippen LogP contribution is 2.20. The summed E-state index contributed by atoms with van der Waals surface area (Å²) in [5, 5.41) is 6.98. The first-order valence-electron chi connectivity index (χ1n) is 11.8. The van der Waals surface area contributed by atoms with Crippen LogP contribution in [0.15, 0.2) is 29.3 Å². The van der Waals surface area contributed by atoms with E-state index in [4.69, 9.17) is 9.47 Å². The van der Waals surface area contributed by atoms with E-state index in [1.54, 1.807) is 0 Å². The standard InChI is InChI=1S/C24H41N5O2/c1-24(2,29-11-7-4-8-12-29)20-27-23(25-3)26-19-21-9-5-6-10-22(21)31-18-15-28-13-16-30-17-14-28/h5-6,9-10H,4,7-8,11-20H2,1-3H3,(H2,25,26,27). The van der Waals surface area contributed by atoms with Crippen LogP contribution in [0.1, 0.15) is 38.7 Å². The normalized spacial score (nSPS) is 19.3. The Kier molecular flexibility index (Phi) is 9.43.